The van der Waals surface area contributed by atoms with Gasteiger partial charge in [0.05, 0.1) is 20.3 Å². The van der Waals surface area contributed by atoms with Crippen molar-refractivity contribution in [3.8, 4) is 28.6 Å². The predicted octanol–water partition coefficient (Wildman–Crippen LogP) is 3.15. The number of aromatic nitrogens is 3. The molecule has 0 spiro atoms. The fourth-order valence-corrected chi connectivity index (χ4v) is 3.11. The number of carbonyl (C=O) groups is 1. The van der Waals surface area contributed by atoms with E-state index in [4.69, 9.17) is 14.2 Å². The summed E-state index contributed by atoms with van der Waals surface area (Å²) in [6.07, 6.45) is 2.29. The molecule has 0 unspecified atom stereocenters. The Balaban J connectivity index is 1.51. The van der Waals surface area contributed by atoms with Crippen molar-refractivity contribution in [2.75, 3.05) is 26.9 Å². The molecule has 1 aromatic heterocycles. The molecule has 2 N–H and O–H groups in total. The van der Waals surface area contributed by atoms with Crippen LogP contribution in [0.15, 0.2) is 53.3 Å². The van der Waals surface area contributed by atoms with E-state index in [1.807, 2.05) is 30.3 Å². The first kappa shape index (κ1) is 24.8. The third-order valence-corrected chi connectivity index (χ3v) is 4.98. The molecule has 3 aromatic rings. The number of benzene rings is 2. The van der Waals surface area contributed by atoms with Gasteiger partial charge in [-0.2, -0.15) is 0 Å². The van der Waals surface area contributed by atoms with E-state index in [1.165, 1.54) is 0 Å². The second-order valence-corrected chi connectivity index (χ2v) is 7.53. The molecule has 1 amide bonds. The van der Waals surface area contributed by atoms with Gasteiger partial charge in [0.15, 0.2) is 17.3 Å². The van der Waals surface area contributed by atoms with Crippen LogP contribution in [0, 0.1) is 0 Å². The molecule has 0 saturated carbocycles. The molecular weight excluding hydrogens is 436 g/mol. The molecule has 9 nitrogen and oxygen atoms in total. The number of H-pyrrole nitrogens is 1. The summed E-state index contributed by atoms with van der Waals surface area (Å²) in [6.45, 7) is 3.42. The van der Waals surface area contributed by atoms with E-state index in [0.717, 1.165) is 18.6 Å². The van der Waals surface area contributed by atoms with Crippen LogP contribution >= 0.6 is 0 Å². The Morgan fingerprint density at radius 3 is 2.59 bits per heavy atom. The zero-order chi connectivity index (χ0) is 24.2. The predicted molar refractivity (Wildman–Crippen MR) is 128 cm³/mol. The maximum absolute atomic E-state index is 12.5. The Kier molecular flexibility index (Phi) is 9.45. The van der Waals surface area contributed by atoms with Crippen molar-refractivity contribution in [3.63, 3.8) is 0 Å². The van der Waals surface area contributed by atoms with Crippen molar-refractivity contribution < 1.29 is 19.0 Å². The Bertz CT molecular complexity index is 1120. The first-order chi connectivity index (χ1) is 16.6. The van der Waals surface area contributed by atoms with Gasteiger partial charge in [0.2, 0.25) is 5.91 Å². The summed E-state index contributed by atoms with van der Waals surface area (Å²) in [5.74, 6) is 2.05. The lowest BCUT2D eigenvalue weighted by atomic mass is 10.2. The Hall–Kier alpha value is -3.88. The van der Waals surface area contributed by atoms with Crippen LogP contribution in [0.1, 0.15) is 31.9 Å². The molecule has 0 atom stereocenters. The van der Waals surface area contributed by atoms with Gasteiger partial charge in [0.1, 0.15) is 18.1 Å². The number of aryl methyl sites for hydroxylation is 1. The van der Waals surface area contributed by atoms with Gasteiger partial charge in [-0.1, -0.05) is 31.5 Å². The second-order valence-electron chi connectivity index (χ2n) is 7.53. The number of carbonyl (C=O) groups excluding carboxylic acids is 1. The summed E-state index contributed by atoms with van der Waals surface area (Å²) in [5.41, 5.74) is 0.463. The summed E-state index contributed by atoms with van der Waals surface area (Å²) in [6, 6.07) is 14.7. The van der Waals surface area contributed by atoms with Crippen LogP contribution < -0.4 is 25.1 Å². The van der Waals surface area contributed by atoms with Crippen molar-refractivity contribution >= 4 is 5.91 Å². The molecular formula is C25H30N4O5. The summed E-state index contributed by atoms with van der Waals surface area (Å²) in [5, 5.41) is 10.9. The molecule has 0 bridgehead atoms. The number of ether oxygens (including phenoxy) is 3. The Morgan fingerprint density at radius 1 is 1.03 bits per heavy atom. The van der Waals surface area contributed by atoms with Gasteiger partial charge >= 0.3 is 0 Å². The molecule has 0 aliphatic rings. The fourth-order valence-electron chi connectivity index (χ4n) is 3.11. The van der Waals surface area contributed by atoms with Crippen molar-refractivity contribution in [1.82, 2.24) is 20.5 Å². The third kappa shape index (κ3) is 7.33. The van der Waals surface area contributed by atoms with Crippen LogP contribution in [0.2, 0.25) is 0 Å². The van der Waals surface area contributed by atoms with Crippen molar-refractivity contribution in [3.05, 3.63) is 64.6 Å². The number of methoxy groups -OCH3 is 1. The molecule has 0 aliphatic carbocycles. The quantitative estimate of drug-likeness (QED) is 0.372. The van der Waals surface area contributed by atoms with Gasteiger partial charge in [0.25, 0.3) is 5.56 Å². The number of aromatic amines is 1. The highest BCUT2D eigenvalue weighted by Gasteiger charge is 2.12. The minimum atomic E-state index is -0.382. The Morgan fingerprint density at radius 2 is 1.85 bits per heavy atom. The third-order valence-electron chi connectivity index (χ3n) is 4.98. The van der Waals surface area contributed by atoms with E-state index in [-0.39, 0.29) is 30.0 Å². The lowest BCUT2D eigenvalue weighted by Crippen LogP contribution is -2.29. The van der Waals surface area contributed by atoms with E-state index in [2.05, 4.69) is 27.4 Å². The zero-order valence-corrected chi connectivity index (χ0v) is 19.5. The minimum Gasteiger partial charge on any atom is -0.493 e. The molecule has 34 heavy (non-hydrogen) atoms. The van der Waals surface area contributed by atoms with E-state index < -0.39 is 0 Å². The lowest BCUT2D eigenvalue weighted by Gasteiger charge is -2.11. The smallest absolute Gasteiger partial charge is 0.273 e. The van der Waals surface area contributed by atoms with Gasteiger partial charge in [-0.25, -0.2) is 0 Å². The highest BCUT2D eigenvalue weighted by Crippen LogP contribution is 2.31. The van der Waals surface area contributed by atoms with Crippen LogP contribution in [0.3, 0.4) is 0 Å². The lowest BCUT2D eigenvalue weighted by molar-refractivity contribution is -0.121. The summed E-state index contributed by atoms with van der Waals surface area (Å²) >= 11 is 0. The first-order valence-corrected chi connectivity index (χ1v) is 11.3. The number of unbranched alkanes of at least 4 members (excludes halogenated alkanes) is 1. The average molecular weight is 467 g/mol. The molecule has 180 valence electrons. The number of nitrogens with zero attached hydrogens (tertiary/aromatic N) is 2. The van der Waals surface area contributed by atoms with E-state index >= 15 is 0 Å². The number of hydrogen-bond donors (Lipinski definition) is 2. The molecule has 3 rings (SSSR count). The van der Waals surface area contributed by atoms with Crippen LogP contribution in [0.5, 0.6) is 17.2 Å². The minimum absolute atomic E-state index is 0.125. The Labute approximate surface area is 198 Å². The summed E-state index contributed by atoms with van der Waals surface area (Å²) in [7, 11) is 1.56. The maximum atomic E-state index is 12.5. The van der Waals surface area contributed by atoms with E-state index in [9.17, 15) is 9.59 Å². The monoisotopic (exact) mass is 466 g/mol. The van der Waals surface area contributed by atoms with Gasteiger partial charge in [0, 0.05) is 18.4 Å². The van der Waals surface area contributed by atoms with Crippen LogP contribution in [0.4, 0.5) is 0 Å². The molecule has 9 heteroatoms. The highest BCUT2D eigenvalue weighted by molar-refractivity contribution is 5.76. The van der Waals surface area contributed by atoms with Crippen molar-refractivity contribution in [2.24, 2.45) is 0 Å². The molecule has 0 fully saturated rings. The standard InChI is InChI=1S/C25H30N4O5/c1-3-4-15-34-21-12-10-18(17-22(21)32-2)24-27-25(31)20(28-29-24)11-13-23(30)26-14-16-33-19-8-6-5-7-9-19/h5-10,12,17H,3-4,11,13-16H2,1-2H3,(H,26,30)(H,27,29,31). The number of amides is 1. The largest absolute Gasteiger partial charge is 0.493 e. The topological polar surface area (TPSA) is 115 Å². The van der Waals surface area contributed by atoms with E-state index in [0.29, 0.717) is 42.6 Å². The number of nitrogens with one attached hydrogen (secondary N) is 2. The summed E-state index contributed by atoms with van der Waals surface area (Å²) < 4.78 is 16.7. The van der Waals surface area contributed by atoms with Crippen molar-refractivity contribution in [1.29, 1.82) is 0 Å². The van der Waals surface area contributed by atoms with Crippen molar-refractivity contribution in [2.45, 2.75) is 32.6 Å². The fraction of sp³-hybridized carbons (Fsp3) is 0.360. The molecule has 1 heterocycles. The normalized spacial score (nSPS) is 10.5. The zero-order valence-electron chi connectivity index (χ0n) is 19.5. The second kappa shape index (κ2) is 13.0. The van der Waals surface area contributed by atoms with Crippen LogP contribution in [0.25, 0.3) is 11.4 Å². The highest BCUT2D eigenvalue weighted by atomic mass is 16.5. The molecule has 0 aliphatic heterocycles. The summed E-state index contributed by atoms with van der Waals surface area (Å²) in [4.78, 5) is 27.3. The van der Waals surface area contributed by atoms with Gasteiger partial charge in [-0.05, 0) is 36.8 Å². The van der Waals surface area contributed by atoms with Crippen LogP contribution in [-0.2, 0) is 11.2 Å². The molecule has 0 saturated heterocycles. The first-order valence-electron chi connectivity index (χ1n) is 11.3. The maximum Gasteiger partial charge on any atom is 0.273 e. The number of rotatable bonds is 13. The molecule has 0 radical (unpaired) electrons. The number of para-hydroxylation sites is 1. The van der Waals surface area contributed by atoms with Gasteiger partial charge in [-0.3, -0.25) is 9.59 Å². The van der Waals surface area contributed by atoms with Gasteiger partial charge in [-0.15, -0.1) is 10.2 Å². The SMILES string of the molecule is CCCCOc1ccc(-c2nnc(CCC(=O)NCCOc3ccccc3)c(=O)[nH]2)cc1OC. The number of hydrogen-bond acceptors (Lipinski definition) is 7. The van der Waals surface area contributed by atoms with Crippen LogP contribution in [-0.4, -0.2) is 48.0 Å². The molecule has 2 aromatic carbocycles. The van der Waals surface area contributed by atoms with Gasteiger partial charge < -0.3 is 24.5 Å². The average Bonchev–Trinajstić information content (AvgIpc) is 2.86. The van der Waals surface area contributed by atoms with E-state index in [1.54, 1.807) is 25.3 Å².